The first-order valence-corrected chi connectivity index (χ1v) is 15.3. The SMILES string of the molecule is CC1CN(c2cc(Cl)nnc2N)CCN1C(C)C(=O)O.CC1CN(c2cc(Cl)nnc2N)CCN1C(C)C(=O)OC(C)(C)C.Cl.Cl. The Morgan fingerprint density at radius 1 is 0.826 bits per heavy atom. The highest BCUT2D eigenvalue weighted by atomic mass is 35.5. The Balaban J connectivity index is 0.000000447. The van der Waals surface area contributed by atoms with Gasteiger partial charge in [-0.3, -0.25) is 19.4 Å². The molecule has 0 spiro atoms. The average molecular weight is 729 g/mol. The van der Waals surface area contributed by atoms with Crippen LogP contribution in [0.3, 0.4) is 0 Å². The van der Waals surface area contributed by atoms with Crippen LogP contribution in [0.5, 0.6) is 0 Å². The van der Waals surface area contributed by atoms with Gasteiger partial charge in [0.1, 0.15) is 17.7 Å². The van der Waals surface area contributed by atoms with Gasteiger partial charge in [-0.15, -0.1) is 45.2 Å². The number of carboxylic acid groups (broad SMARTS) is 1. The number of nitrogens with zero attached hydrogens (tertiary/aromatic N) is 8. The molecule has 14 nitrogen and oxygen atoms in total. The number of nitrogen functional groups attached to an aromatic ring is 2. The van der Waals surface area contributed by atoms with Gasteiger partial charge >= 0.3 is 11.9 Å². The highest BCUT2D eigenvalue weighted by Crippen LogP contribution is 2.28. The average Bonchev–Trinajstić information content (AvgIpc) is 2.94. The lowest BCUT2D eigenvalue weighted by molar-refractivity contribution is -0.161. The molecule has 2 aromatic heterocycles. The molecule has 2 saturated heterocycles. The van der Waals surface area contributed by atoms with E-state index in [4.69, 9.17) is 44.5 Å². The predicted molar refractivity (Wildman–Crippen MR) is 187 cm³/mol. The number of rotatable bonds is 6. The van der Waals surface area contributed by atoms with Gasteiger partial charge in [-0.25, -0.2) is 0 Å². The van der Waals surface area contributed by atoms with E-state index in [1.165, 1.54) is 0 Å². The standard InChI is InChI=1S/C16H26ClN5O2.C12H18ClN5O2.2ClH/c1-10-9-21(12-8-13(17)19-20-14(12)18)6-7-22(10)11(2)15(23)24-16(3,4)5;1-7-6-17(3-4-18(7)8(2)12(19)20)9-5-10(13)15-16-11(9)14;;/h8,10-11H,6-7,9H2,1-5H3,(H2,18,20);5,7-8H,3-4,6H2,1-2H3,(H2,14,16)(H,19,20);2*1H. The number of piperazine rings is 2. The van der Waals surface area contributed by atoms with E-state index in [9.17, 15) is 9.59 Å². The van der Waals surface area contributed by atoms with Crippen molar-refractivity contribution in [3.8, 4) is 0 Å². The molecule has 18 heteroatoms. The summed E-state index contributed by atoms with van der Waals surface area (Å²) in [5, 5.41) is 24.8. The molecule has 0 bridgehead atoms. The molecule has 2 aromatic rings. The molecular formula is C28H46Cl4N10O4. The minimum atomic E-state index is -0.807. The minimum absolute atomic E-state index is 0. The number of halogens is 4. The van der Waals surface area contributed by atoms with Crippen LogP contribution in [0.4, 0.5) is 23.0 Å². The van der Waals surface area contributed by atoms with Crippen molar-refractivity contribution >= 4 is 83.0 Å². The molecule has 5 N–H and O–H groups in total. The van der Waals surface area contributed by atoms with Crippen molar-refractivity contribution in [2.75, 3.05) is 60.5 Å². The predicted octanol–water partition coefficient (Wildman–Crippen LogP) is 3.49. The number of carbonyl (C=O) groups is 2. The van der Waals surface area contributed by atoms with Gasteiger partial charge in [0, 0.05) is 63.5 Å². The molecule has 0 radical (unpaired) electrons. The number of nitrogens with two attached hydrogens (primary N) is 2. The van der Waals surface area contributed by atoms with Crippen LogP contribution in [-0.4, -0.2) is 116 Å². The van der Waals surface area contributed by atoms with Crippen molar-refractivity contribution in [2.45, 2.75) is 78.2 Å². The summed E-state index contributed by atoms with van der Waals surface area (Å²) in [4.78, 5) is 31.7. The van der Waals surface area contributed by atoms with Crippen molar-refractivity contribution in [3.05, 3.63) is 22.4 Å². The van der Waals surface area contributed by atoms with Crippen molar-refractivity contribution in [1.82, 2.24) is 30.2 Å². The van der Waals surface area contributed by atoms with E-state index >= 15 is 0 Å². The summed E-state index contributed by atoms with van der Waals surface area (Å²) in [5.41, 5.74) is 12.8. The Morgan fingerprint density at radius 3 is 1.57 bits per heavy atom. The molecule has 260 valence electrons. The molecule has 0 amide bonds. The van der Waals surface area contributed by atoms with Crippen molar-refractivity contribution in [3.63, 3.8) is 0 Å². The normalized spacial score (nSPS) is 20.3. The Labute approximate surface area is 292 Å². The lowest BCUT2D eigenvalue weighted by atomic mass is 10.1. The lowest BCUT2D eigenvalue weighted by Crippen LogP contribution is -2.57. The topological polar surface area (TPSA) is 180 Å². The van der Waals surface area contributed by atoms with Crippen LogP contribution in [0.25, 0.3) is 0 Å². The summed E-state index contributed by atoms with van der Waals surface area (Å²) in [6.07, 6.45) is 0. The summed E-state index contributed by atoms with van der Waals surface area (Å²) in [6.45, 7) is 17.5. The van der Waals surface area contributed by atoms with Crippen LogP contribution in [0, 0.1) is 0 Å². The number of hydrogen-bond donors (Lipinski definition) is 3. The van der Waals surface area contributed by atoms with E-state index in [0.29, 0.717) is 41.6 Å². The fourth-order valence-electron chi connectivity index (χ4n) is 5.44. The molecule has 0 aromatic carbocycles. The third-order valence-electron chi connectivity index (χ3n) is 7.68. The fraction of sp³-hybridized carbons (Fsp3) is 0.643. The third kappa shape index (κ3) is 11.0. The summed E-state index contributed by atoms with van der Waals surface area (Å²) >= 11 is 11.8. The first-order valence-electron chi connectivity index (χ1n) is 14.5. The third-order valence-corrected chi connectivity index (χ3v) is 8.05. The molecule has 2 fully saturated rings. The first kappa shape index (κ1) is 41.4. The van der Waals surface area contributed by atoms with E-state index in [1.54, 1.807) is 19.1 Å². The maximum atomic E-state index is 12.3. The van der Waals surface area contributed by atoms with Gasteiger partial charge in [-0.1, -0.05) is 23.2 Å². The number of ether oxygens (including phenoxy) is 1. The number of hydrogen-bond acceptors (Lipinski definition) is 13. The second kappa shape index (κ2) is 17.5. The van der Waals surface area contributed by atoms with Gasteiger partial charge < -0.3 is 31.1 Å². The molecule has 2 aliphatic rings. The summed E-state index contributed by atoms with van der Waals surface area (Å²) in [6, 6.07) is 2.88. The Morgan fingerprint density at radius 2 is 1.22 bits per heavy atom. The number of carbonyl (C=O) groups excluding carboxylic acids is 1. The zero-order chi connectivity index (χ0) is 32.9. The molecule has 46 heavy (non-hydrogen) atoms. The van der Waals surface area contributed by atoms with E-state index in [1.807, 2.05) is 39.5 Å². The van der Waals surface area contributed by atoms with Crippen LogP contribution in [0.2, 0.25) is 10.3 Å². The van der Waals surface area contributed by atoms with Crippen molar-refractivity contribution in [1.29, 1.82) is 0 Å². The van der Waals surface area contributed by atoms with Crippen molar-refractivity contribution in [2.24, 2.45) is 0 Å². The summed E-state index contributed by atoms with van der Waals surface area (Å²) in [7, 11) is 0. The number of anilines is 4. The van der Waals surface area contributed by atoms with Crippen molar-refractivity contribution < 1.29 is 19.4 Å². The molecule has 4 rings (SSSR count). The van der Waals surface area contributed by atoms with Crippen LogP contribution >= 0.6 is 48.0 Å². The summed E-state index contributed by atoms with van der Waals surface area (Å²) < 4.78 is 5.50. The number of aliphatic carboxylic acids is 1. The van der Waals surface area contributed by atoms with E-state index in [-0.39, 0.29) is 48.9 Å². The van der Waals surface area contributed by atoms with E-state index < -0.39 is 17.6 Å². The summed E-state index contributed by atoms with van der Waals surface area (Å²) in [5.74, 6) is -0.309. The Hall–Kier alpha value is -2.62. The lowest BCUT2D eigenvalue weighted by Gasteiger charge is -2.43. The van der Waals surface area contributed by atoms with E-state index in [0.717, 1.165) is 31.0 Å². The molecule has 0 saturated carbocycles. The minimum Gasteiger partial charge on any atom is -0.480 e. The number of aromatic nitrogens is 4. The second-order valence-electron chi connectivity index (χ2n) is 12.2. The van der Waals surface area contributed by atoms with Gasteiger partial charge in [0.15, 0.2) is 21.9 Å². The highest BCUT2D eigenvalue weighted by Gasteiger charge is 2.34. The van der Waals surface area contributed by atoms with E-state index in [2.05, 4.69) is 42.0 Å². The fourth-order valence-corrected chi connectivity index (χ4v) is 5.72. The van der Waals surface area contributed by atoms with Crippen LogP contribution < -0.4 is 21.3 Å². The number of esters is 1. The highest BCUT2D eigenvalue weighted by molar-refractivity contribution is 6.30. The maximum Gasteiger partial charge on any atom is 0.323 e. The zero-order valence-corrected chi connectivity index (χ0v) is 30.3. The largest absolute Gasteiger partial charge is 0.480 e. The van der Waals surface area contributed by atoms with Gasteiger partial charge in [0.25, 0.3) is 0 Å². The zero-order valence-electron chi connectivity index (χ0n) is 27.2. The van der Waals surface area contributed by atoms with Gasteiger partial charge in [0.2, 0.25) is 0 Å². The second-order valence-corrected chi connectivity index (χ2v) is 12.9. The van der Waals surface area contributed by atoms with Crippen LogP contribution in [0.15, 0.2) is 12.1 Å². The molecule has 4 unspecified atom stereocenters. The molecule has 4 atom stereocenters. The first-order chi connectivity index (χ1) is 20.5. The molecular weight excluding hydrogens is 682 g/mol. The smallest absolute Gasteiger partial charge is 0.323 e. The maximum absolute atomic E-state index is 12.3. The monoisotopic (exact) mass is 726 g/mol. The Bertz CT molecular complexity index is 1320. The quantitative estimate of drug-likeness (QED) is 0.368. The van der Waals surface area contributed by atoms with Crippen LogP contribution in [0.1, 0.15) is 48.5 Å². The van der Waals surface area contributed by atoms with Crippen LogP contribution in [-0.2, 0) is 14.3 Å². The Kier molecular flexibility index (Phi) is 15.8. The van der Waals surface area contributed by atoms with Gasteiger partial charge in [-0.2, -0.15) is 0 Å². The number of carboxylic acids is 1. The molecule has 4 heterocycles. The molecule has 0 aliphatic carbocycles. The van der Waals surface area contributed by atoms with Gasteiger partial charge in [0.05, 0.1) is 11.4 Å². The van der Waals surface area contributed by atoms with Gasteiger partial charge in [-0.05, 0) is 48.5 Å². The molecule has 2 aliphatic heterocycles.